The topological polar surface area (TPSA) is 79.1 Å². The highest BCUT2D eigenvalue weighted by Gasteiger charge is 2.15. The Morgan fingerprint density at radius 3 is 3.00 bits per heavy atom. The second-order valence-corrected chi connectivity index (χ2v) is 3.66. The van der Waals surface area contributed by atoms with Crippen molar-refractivity contribution in [1.82, 2.24) is 4.98 Å². The van der Waals surface area contributed by atoms with E-state index in [0.717, 1.165) is 10.9 Å². The van der Waals surface area contributed by atoms with Gasteiger partial charge in [-0.1, -0.05) is 0 Å². The van der Waals surface area contributed by atoms with Crippen LogP contribution in [-0.4, -0.2) is 22.2 Å². The van der Waals surface area contributed by atoms with Gasteiger partial charge in [0, 0.05) is 17.1 Å². The molecule has 2 aromatic rings. The number of halogens is 1. The molecule has 5 heteroatoms. The number of phenols is 1. The van der Waals surface area contributed by atoms with E-state index < -0.39 is 12.1 Å². The minimum Gasteiger partial charge on any atom is -0.508 e. The van der Waals surface area contributed by atoms with Crippen molar-refractivity contribution in [1.29, 1.82) is 0 Å². The molecule has 0 spiro atoms. The molecule has 0 bridgehead atoms. The number of carbonyl (C=O) groups is 1. The highest BCUT2D eigenvalue weighted by molar-refractivity contribution is 5.85. The maximum atomic E-state index is 12.3. The van der Waals surface area contributed by atoms with E-state index in [4.69, 9.17) is 5.73 Å². The number of aromatic hydroxyl groups is 1. The van der Waals surface area contributed by atoms with Crippen LogP contribution in [0.5, 0.6) is 5.75 Å². The third-order valence-electron chi connectivity index (χ3n) is 2.48. The number of hydrogen-bond donors (Lipinski definition) is 3. The fourth-order valence-electron chi connectivity index (χ4n) is 1.65. The Bertz CT molecular complexity index is 536. The maximum Gasteiger partial charge on any atom is 0.318 e. The summed E-state index contributed by atoms with van der Waals surface area (Å²) in [6, 6.07) is 2.12. The van der Waals surface area contributed by atoms with Crippen molar-refractivity contribution in [3.63, 3.8) is 0 Å². The highest BCUT2D eigenvalue weighted by atomic mass is 19.1. The summed E-state index contributed by atoms with van der Waals surface area (Å²) in [5, 5.41) is 10.1. The number of carbonyl (C=O) groups excluding carboxylic acids is 1. The molecule has 0 aliphatic rings. The van der Waals surface area contributed by atoms with E-state index in [2.05, 4.69) is 4.98 Å². The van der Waals surface area contributed by atoms with E-state index in [1.807, 2.05) is 0 Å². The number of rotatable bonds is 3. The highest BCUT2D eigenvalue weighted by Crippen LogP contribution is 2.23. The first-order valence-electron chi connectivity index (χ1n) is 4.82. The van der Waals surface area contributed by atoms with Gasteiger partial charge in [0.05, 0.1) is 0 Å². The zero-order valence-corrected chi connectivity index (χ0v) is 8.40. The number of phenolic OH excluding ortho intramolecular Hbond substituents is 1. The van der Waals surface area contributed by atoms with Gasteiger partial charge in [-0.05, 0) is 30.2 Å². The number of aromatic amines is 1. The monoisotopic (exact) mass is 222 g/mol. The van der Waals surface area contributed by atoms with Crippen LogP contribution in [0.2, 0.25) is 0 Å². The molecule has 0 aliphatic heterocycles. The van der Waals surface area contributed by atoms with Crippen molar-refractivity contribution >= 4 is 16.9 Å². The van der Waals surface area contributed by atoms with Gasteiger partial charge in [0.25, 0.3) is 0 Å². The number of nitrogens with two attached hydrogens (primary N) is 1. The van der Waals surface area contributed by atoms with Gasteiger partial charge in [-0.25, -0.2) is 0 Å². The minimum absolute atomic E-state index is 0.110. The molecular formula is C11H11FN2O2. The van der Waals surface area contributed by atoms with Gasteiger partial charge in [0.2, 0.25) is 0 Å². The van der Waals surface area contributed by atoms with Crippen LogP contribution < -0.4 is 5.73 Å². The van der Waals surface area contributed by atoms with Crippen molar-refractivity contribution in [3.05, 3.63) is 30.0 Å². The van der Waals surface area contributed by atoms with Crippen LogP contribution in [0, 0.1) is 0 Å². The molecule has 16 heavy (non-hydrogen) atoms. The molecule has 0 unspecified atom stereocenters. The second kappa shape index (κ2) is 3.94. The Labute approximate surface area is 90.9 Å². The summed E-state index contributed by atoms with van der Waals surface area (Å²) < 4.78 is 12.3. The van der Waals surface area contributed by atoms with Crippen LogP contribution in [0.4, 0.5) is 4.39 Å². The molecule has 0 fully saturated rings. The third kappa shape index (κ3) is 1.90. The van der Waals surface area contributed by atoms with Crippen LogP contribution in [0.25, 0.3) is 10.9 Å². The summed E-state index contributed by atoms with van der Waals surface area (Å²) in [5.41, 5.74) is 6.86. The Balaban J connectivity index is 2.37. The van der Waals surface area contributed by atoms with E-state index in [-0.39, 0.29) is 12.2 Å². The van der Waals surface area contributed by atoms with E-state index in [9.17, 15) is 14.3 Å². The Kier molecular flexibility index (Phi) is 2.62. The van der Waals surface area contributed by atoms with Gasteiger partial charge >= 0.3 is 6.04 Å². The zero-order valence-electron chi connectivity index (χ0n) is 8.40. The molecule has 4 nitrogen and oxygen atoms in total. The summed E-state index contributed by atoms with van der Waals surface area (Å²) in [6.45, 7) is 0. The van der Waals surface area contributed by atoms with Gasteiger partial charge in [0.1, 0.15) is 11.8 Å². The van der Waals surface area contributed by atoms with Gasteiger partial charge in [-0.2, -0.15) is 4.39 Å². The standard InChI is InChI=1S/C11H11FN2O2/c12-11(16)9(13)3-6-5-14-10-2-1-7(15)4-8(6)10/h1-2,4-5,9,14-15H,3,13H2/t9-/m0/s1. The molecular weight excluding hydrogens is 211 g/mol. The van der Waals surface area contributed by atoms with Crippen molar-refractivity contribution in [2.45, 2.75) is 12.5 Å². The molecule has 84 valence electrons. The first-order chi connectivity index (χ1) is 7.58. The largest absolute Gasteiger partial charge is 0.508 e. The molecule has 0 radical (unpaired) electrons. The van der Waals surface area contributed by atoms with Gasteiger partial charge < -0.3 is 15.8 Å². The Hall–Kier alpha value is -1.88. The number of nitrogens with one attached hydrogen (secondary N) is 1. The average molecular weight is 222 g/mol. The van der Waals surface area contributed by atoms with Gasteiger partial charge in [0.15, 0.2) is 0 Å². The Morgan fingerprint density at radius 2 is 2.31 bits per heavy atom. The molecule has 2 rings (SSSR count). The first-order valence-corrected chi connectivity index (χ1v) is 4.82. The molecule has 0 amide bonds. The van der Waals surface area contributed by atoms with Crippen LogP contribution in [-0.2, 0) is 11.2 Å². The van der Waals surface area contributed by atoms with E-state index >= 15 is 0 Å². The van der Waals surface area contributed by atoms with E-state index in [1.165, 1.54) is 0 Å². The lowest BCUT2D eigenvalue weighted by molar-refractivity contribution is -0.130. The first kappa shape index (κ1) is 10.6. The lowest BCUT2D eigenvalue weighted by Gasteiger charge is -2.03. The fraction of sp³-hybridized carbons (Fsp3) is 0.182. The quantitative estimate of drug-likeness (QED) is 0.683. The predicted octanol–water partition coefficient (Wildman–Crippen LogP) is 1.24. The van der Waals surface area contributed by atoms with Crippen LogP contribution in [0.1, 0.15) is 5.56 Å². The number of fused-ring (bicyclic) bond motifs is 1. The van der Waals surface area contributed by atoms with Crippen molar-refractivity contribution < 1.29 is 14.3 Å². The summed E-state index contributed by atoms with van der Waals surface area (Å²) in [6.07, 6.45) is 1.77. The molecule has 0 saturated heterocycles. The molecule has 0 aliphatic carbocycles. The summed E-state index contributed by atoms with van der Waals surface area (Å²) in [7, 11) is 0. The van der Waals surface area contributed by atoms with Crippen molar-refractivity contribution in [2.75, 3.05) is 0 Å². The number of H-pyrrole nitrogens is 1. The van der Waals surface area contributed by atoms with Gasteiger partial charge in [-0.15, -0.1) is 0 Å². The SMILES string of the molecule is N[C@@H](Cc1c[nH]c2ccc(O)cc12)C(=O)F. The van der Waals surface area contributed by atoms with Crippen LogP contribution in [0.3, 0.4) is 0 Å². The third-order valence-corrected chi connectivity index (χ3v) is 2.48. The van der Waals surface area contributed by atoms with Gasteiger partial charge in [-0.3, -0.25) is 4.79 Å². The lowest BCUT2D eigenvalue weighted by Crippen LogP contribution is -2.29. The molecule has 0 saturated carbocycles. The molecule has 4 N–H and O–H groups in total. The molecule has 1 heterocycles. The molecule has 1 atom stereocenters. The van der Waals surface area contributed by atoms with E-state index in [1.54, 1.807) is 24.4 Å². The van der Waals surface area contributed by atoms with E-state index in [0.29, 0.717) is 5.56 Å². The molecule has 1 aromatic carbocycles. The fourth-order valence-corrected chi connectivity index (χ4v) is 1.65. The number of hydrogen-bond acceptors (Lipinski definition) is 3. The zero-order chi connectivity index (χ0) is 11.7. The number of aromatic nitrogens is 1. The normalized spacial score (nSPS) is 12.9. The Morgan fingerprint density at radius 1 is 1.56 bits per heavy atom. The lowest BCUT2D eigenvalue weighted by atomic mass is 10.1. The van der Waals surface area contributed by atoms with Crippen LogP contribution in [0.15, 0.2) is 24.4 Å². The molecule has 1 aromatic heterocycles. The predicted molar refractivity (Wildman–Crippen MR) is 57.8 cm³/mol. The summed E-state index contributed by atoms with van der Waals surface area (Å²) in [5.74, 6) is 0.119. The second-order valence-electron chi connectivity index (χ2n) is 3.66. The number of benzene rings is 1. The minimum atomic E-state index is -1.53. The van der Waals surface area contributed by atoms with Crippen molar-refractivity contribution in [2.24, 2.45) is 5.73 Å². The van der Waals surface area contributed by atoms with Crippen molar-refractivity contribution in [3.8, 4) is 5.75 Å². The summed E-state index contributed by atoms with van der Waals surface area (Å²) >= 11 is 0. The average Bonchev–Trinajstić information content (AvgIpc) is 2.61. The van der Waals surface area contributed by atoms with Crippen LogP contribution >= 0.6 is 0 Å². The smallest absolute Gasteiger partial charge is 0.318 e. The maximum absolute atomic E-state index is 12.3. The summed E-state index contributed by atoms with van der Waals surface area (Å²) in [4.78, 5) is 13.4.